The van der Waals surface area contributed by atoms with E-state index in [9.17, 15) is 9.18 Å². The van der Waals surface area contributed by atoms with Gasteiger partial charge in [0, 0.05) is 28.0 Å². The maximum absolute atomic E-state index is 13.5. The molecule has 0 atom stereocenters. The van der Waals surface area contributed by atoms with Gasteiger partial charge in [-0.25, -0.2) is 9.18 Å². The van der Waals surface area contributed by atoms with Crippen LogP contribution in [0.1, 0.15) is 5.56 Å². The molecule has 1 N–H and O–H groups in total. The van der Waals surface area contributed by atoms with Crippen LogP contribution < -0.4 is 10.1 Å². The molecule has 0 spiro atoms. The van der Waals surface area contributed by atoms with E-state index < -0.39 is 6.03 Å². The third kappa shape index (κ3) is 5.50. The van der Waals surface area contributed by atoms with E-state index in [1.54, 1.807) is 79.0 Å². The Labute approximate surface area is 217 Å². The van der Waals surface area contributed by atoms with Crippen molar-refractivity contribution in [2.45, 2.75) is 0 Å². The number of ether oxygens (including phenoxy) is 1. The molecule has 6 nitrogen and oxygen atoms in total. The summed E-state index contributed by atoms with van der Waals surface area (Å²) in [5.74, 6) is 0.814. The van der Waals surface area contributed by atoms with E-state index in [-0.39, 0.29) is 5.82 Å². The number of nitrogens with zero attached hydrogens (tertiary/aromatic N) is 3. The van der Waals surface area contributed by atoms with Crippen LogP contribution in [-0.2, 0) is 0 Å². The van der Waals surface area contributed by atoms with E-state index in [2.05, 4.69) is 16.5 Å². The number of benzene rings is 4. The summed E-state index contributed by atoms with van der Waals surface area (Å²) in [6.07, 6.45) is 1.61. The van der Waals surface area contributed by atoms with E-state index in [0.717, 1.165) is 11.1 Å². The zero-order valence-corrected chi connectivity index (χ0v) is 20.0. The minimum Gasteiger partial charge on any atom is -0.457 e. The van der Waals surface area contributed by atoms with Gasteiger partial charge in [0.15, 0.2) is 0 Å². The number of hydrogen-bond acceptors (Lipinski definition) is 4. The van der Waals surface area contributed by atoms with Crippen LogP contribution in [0.15, 0.2) is 103 Å². The number of rotatable bonds is 5. The maximum Gasteiger partial charge on any atom is 0.346 e. The van der Waals surface area contributed by atoms with Crippen molar-refractivity contribution in [1.82, 2.24) is 9.78 Å². The number of amides is 1. The summed E-state index contributed by atoms with van der Waals surface area (Å²) in [6.45, 7) is 0. The van der Waals surface area contributed by atoms with Gasteiger partial charge in [0.05, 0.1) is 11.6 Å². The van der Waals surface area contributed by atoms with Gasteiger partial charge in [-0.3, -0.25) is 0 Å². The zero-order chi connectivity index (χ0) is 25.8. The van der Waals surface area contributed by atoms with Crippen molar-refractivity contribution in [3.05, 3.63) is 120 Å². The van der Waals surface area contributed by atoms with E-state index >= 15 is 0 Å². The Morgan fingerprint density at radius 3 is 2.08 bits per heavy atom. The monoisotopic (exact) mass is 508 g/mol. The zero-order valence-electron chi connectivity index (χ0n) is 19.2. The van der Waals surface area contributed by atoms with E-state index in [1.807, 2.05) is 12.1 Å². The fourth-order valence-corrected chi connectivity index (χ4v) is 3.79. The standard InChI is InChI=1S/C29H18ClFN4O2/c30-22-7-3-21(4-8-22)28-27(20-5-9-23(31)10-6-20)18-35(34-28)29(36)33-24-11-15-26(16-12-24)37-25-13-1-19(17-32)2-14-25/h1-16,18H,(H,33,36). The molecule has 0 aliphatic heterocycles. The first-order valence-corrected chi connectivity index (χ1v) is 11.6. The first-order valence-electron chi connectivity index (χ1n) is 11.2. The number of anilines is 1. The van der Waals surface area contributed by atoms with Crippen molar-refractivity contribution in [3.63, 3.8) is 0 Å². The van der Waals surface area contributed by atoms with Crippen LogP contribution in [0.2, 0.25) is 5.02 Å². The van der Waals surface area contributed by atoms with E-state index in [4.69, 9.17) is 21.6 Å². The summed E-state index contributed by atoms with van der Waals surface area (Å²) in [5, 5.41) is 16.8. The molecule has 180 valence electrons. The van der Waals surface area contributed by atoms with E-state index in [0.29, 0.717) is 39.0 Å². The maximum atomic E-state index is 13.5. The van der Waals surface area contributed by atoms with Crippen LogP contribution in [0.4, 0.5) is 14.9 Å². The summed E-state index contributed by atoms with van der Waals surface area (Å²) in [7, 11) is 0. The molecule has 37 heavy (non-hydrogen) atoms. The van der Waals surface area contributed by atoms with Crippen molar-refractivity contribution < 1.29 is 13.9 Å². The highest BCUT2D eigenvalue weighted by atomic mass is 35.5. The van der Waals surface area contributed by atoms with Gasteiger partial charge in [0.1, 0.15) is 23.0 Å². The summed E-state index contributed by atoms with van der Waals surface area (Å²) < 4.78 is 20.5. The second-order valence-electron chi connectivity index (χ2n) is 8.04. The average Bonchev–Trinajstić information content (AvgIpc) is 3.37. The minimum absolute atomic E-state index is 0.353. The molecule has 4 aromatic carbocycles. The molecule has 0 bridgehead atoms. The van der Waals surface area contributed by atoms with Gasteiger partial charge in [0.2, 0.25) is 0 Å². The Hall–Kier alpha value is -4.93. The predicted octanol–water partition coefficient (Wildman–Crippen LogP) is 7.75. The molecule has 0 aliphatic rings. The van der Waals surface area contributed by atoms with Crippen LogP contribution in [0, 0.1) is 17.1 Å². The molecule has 1 heterocycles. The Morgan fingerprint density at radius 2 is 1.46 bits per heavy atom. The van der Waals surface area contributed by atoms with E-state index in [1.165, 1.54) is 16.8 Å². The highest BCUT2D eigenvalue weighted by Gasteiger charge is 2.17. The summed E-state index contributed by atoms with van der Waals surface area (Å²) in [6, 6.07) is 28.3. The Bertz CT molecular complexity index is 1530. The lowest BCUT2D eigenvalue weighted by molar-refractivity contribution is 0.251. The quantitative estimate of drug-likeness (QED) is 0.263. The second-order valence-corrected chi connectivity index (χ2v) is 8.48. The Kier molecular flexibility index (Phi) is 6.66. The van der Waals surface area contributed by atoms with Crippen molar-refractivity contribution >= 4 is 23.3 Å². The lowest BCUT2D eigenvalue weighted by Gasteiger charge is -2.08. The summed E-state index contributed by atoms with van der Waals surface area (Å²) >= 11 is 6.04. The fourth-order valence-electron chi connectivity index (χ4n) is 3.66. The highest BCUT2D eigenvalue weighted by Crippen LogP contribution is 2.32. The third-order valence-corrected chi connectivity index (χ3v) is 5.77. The Morgan fingerprint density at radius 1 is 0.865 bits per heavy atom. The molecule has 0 aliphatic carbocycles. The highest BCUT2D eigenvalue weighted by molar-refractivity contribution is 6.30. The van der Waals surface area contributed by atoms with Crippen LogP contribution in [0.3, 0.4) is 0 Å². The van der Waals surface area contributed by atoms with Crippen LogP contribution in [0.5, 0.6) is 11.5 Å². The predicted molar refractivity (Wildman–Crippen MR) is 140 cm³/mol. The molecule has 0 saturated carbocycles. The van der Waals surface area contributed by atoms with Gasteiger partial charge in [-0.05, 0) is 78.4 Å². The number of carbonyl (C=O) groups is 1. The molecule has 0 saturated heterocycles. The largest absolute Gasteiger partial charge is 0.457 e. The molecular formula is C29H18ClFN4O2. The summed E-state index contributed by atoms with van der Waals surface area (Å²) in [5.41, 5.74) is 3.80. The topological polar surface area (TPSA) is 79.9 Å². The average molecular weight is 509 g/mol. The Balaban J connectivity index is 1.37. The first-order chi connectivity index (χ1) is 18.0. The molecule has 0 fully saturated rings. The smallest absolute Gasteiger partial charge is 0.346 e. The van der Waals surface area contributed by atoms with Crippen molar-refractivity contribution in [2.75, 3.05) is 5.32 Å². The third-order valence-electron chi connectivity index (χ3n) is 5.52. The van der Waals surface area contributed by atoms with Crippen LogP contribution in [-0.4, -0.2) is 15.8 Å². The second kappa shape index (κ2) is 10.4. The number of nitriles is 1. The number of carbonyl (C=O) groups excluding carboxylic acids is 1. The molecule has 1 aromatic heterocycles. The number of nitrogens with one attached hydrogen (secondary N) is 1. The first kappa shape index (κ1) is 23.8. The molecule has 1 amide bonds. The van der Waals surface area contributed by atoms with Crippen LogP contribution >= 0.6 is 11.6 Å². The minimum atomic E-state index is -0.468. The molecule has 8 heteroatoms. The number of hydrogen-bond donors (Lipinski definition) is 1. The molecule has 0 radical (unpaired) electrons. The van der Waals surface area contributed by atoms with Crippen LogP contribution in [0.25, 0.3) is 22.4 Å². The fraction of sp³-hybridized carbons (Fsp3) is 0. The normalized spacial score (nSPS) is 10.5. The van der Waals surface area contributed by atoms with Gasteiger partial charge in [-0.2, -0.15) is 15.0 Å². The summed E-state index contributed by atoms with van der Waals surface area (Å²) in [4.78, 5) is 13.0. The molecule has 0 unspecified atom stereocenters. The van der Waals surface area contributed by atoms with Gasteiger partial charge in [0.25, 0.3) is 0 Å². The lowest BCUT2D eigenvalue weighted by Crippen LogP contribution is -2.19. The number of aromatic nitrogens is 2. The van der Waals surface area contributed by atoms with Gasteiger partial charge in [-0.15, -0.1) is 0 Å². The van der Waals surface area contributed by atoms with Crippen molar-refractivity contribution in [2.24, 2.45) is 0 Å². The molecule has 5 rings (SSSR count). The lowest BCUT2D eigenvalue weighted by atomic mass is 10.0. The molecular weight excluding hydrogens is 491 g/mol. The van der Waals surface area contributed by atoms with Gasteiger partial charge >= 0.3 is 6.03 Å². The van der Waals surface area contributed by atoms with Gasteiger partial charge in [-0.1, -0.05) is 35.9 Å². The SMILES string of the molecule is N#Cc1ccc(Oc2ccc(NC(=O)n3cc(-c4ccc(F)cc4)c(-c4ccc(Cl)cc4)n3)cc2)cc1. The van der Waals surface area contributed by atoms with Gasteiger partial charge < -0.3 is 10.1 Å². The molecule has 5 aromatic rings. The van der Waals surface area contributed by atoms with Crippen molar-refractivity contribution in [1.29, 1.82) is 5.26 Å². The number of halogens is 2. The van der Waals surface area contributed by atoms with Crippen molar-refractivity contribution in [3.8, 4) is 40.0 Å².